The van der Waals surface area contributed by atoms with Crippen molar-refractivity contribution in [3.63, 3.8) is 0 Å². The van der Waals surface area contributed by atoms with E-state index in [0.717, 1.165) is 0 Å². The quantitative estimate of drug-likeness (QED) is 0.182. The molecule has 0 unspecified atom stereocenters. The van der Waals surface area contributed by atoms with Crippen LogP contribution in [0.15, 0.2) is 60.7 Å². The fourth-order valence-electron chi connectivity index (χ4n) is 0.642. The van der Waals surface area contributed by atoms with Gasteiger partial charge in [0, 0.05) is 0 Å². The van der Waals surface area contributed by atoms with Crippen molar-refractivity contribution in [1.29, 1.82) is 0 Å². The molecule has 0 aromatic heterocycles. The van der Waals surface area contributed by atoms with Crippen LogP contribution in [0.2, 0.25) is 0 Å². The summed E-state index contributed by atoms with van der Waals surface area (Å²) in [6.07, 6.45) is 0. The van der Waals surface area contributed by atoms with Gasteiger partial charge in [0.1, 0.15) is 0 Å². The zero-order valence-electron chi connectivity index (χ0n) is 17.0. The van der Waals surface area contributed by atoms with Gasteiger partial charge in [0.25, 0.3) is 0 Å². The van der Waals surface area contributed by atoms with Crippen molar-refractivity contribution >= 4 is 82.5 Å². The average molecular weight is 2550 g/mol. The first-order chi connectivity index (χ1) is 15.0. The van der Waals surface area contributed by atoms with Crippen LogP contribution in [0, 0.1) is 0 Å². The fourth-order valence-corrected chi connectivity index (χ4v) is 0.642. The zero-order valence-corrected chi connectivity index (χ0v) is 80.6. The molecule has 21 heteroatoms. The van der Waals surface area contributed by atoms with Crippen molar-refractivity contribution in [3.8, 4) is 0 Å². The van der Waals surface area contributed by atoms with Crippen LogP contribution < -0.4 is 0 Å². The Bertz CT molecular complexity index is 193. The monoisotopic (exact) mass is 2560 g/mol. The van der Waals surface area contributed by atoms with E-state index in [1.54, 1.807) is 0 Å². The number of hydrogen-bond donors (Lipinski definition) is 0. The van der Waals surface area contributed by atoms with E-state index < -0.39 is 0 Å². The summed E-state index contributed by atoms with van der Waals surface area (Å²) in [6.45, 7) is 0. The number of rotatable bonds is 0. The molecule has 0 spiro atoms. The van der Waals surface area contributed by atoms with Gasteiger partial charge in [0.2, 0.25) is 0 Å². The Morgan fingerprint density at radius 1 is 0.290 bits per heavy atom. The van der Waals surface area contributed by atoms with Gasteiger partial charge < -0.3 is 0 Å². The summed E-state index contributed by atoms with van der Waals surface area (Å²) in [5, 5.41) is 0. The molecule has 138 valence electrons. The summed E-state index contributed by atoms with van der Waals surface area (Å²) >= 11 is 5.00. The van der Waals surface area contributed by atoms with Gasteiger partial charge in [-0.05, 0) is 0 Å². The van der Waals surface area contributed by atoms with Gasteiger partial charge in [0.05, 0.1) is 0 Å². The Labute approximate surface area is 397 Å². The minimum Gasteiger partial charge on any atom is -0.214 e. The molecule has 0 aliphatic carbocycles. The molecule has 2 rings (SSSR count). The summed E-state index contributed by atoms with van der Waals surface area (Å²) in [6, 6.07) is 20.0. The minimum atomic E-state index is 0. The maximum Gasteiger partial charge on any atom is 2.00 e. The standard InChI is InChI=1S/2C5H5.10ClH.Fe.10Hg/c2*1-2-4-5-3-1;;;;;;;;;;;;;;;;;;;;;/h2*1-5H;10*1H;;;;;;;;;;;/q2*-1;;;;;;;;;;;11*+2/p-10. The molecule has 0 aliphatic rings. The van der Waals surface area contributed by atoms with Gasteiger partial charge in [-0.1, -0.05) is 0 Å². The molecule has 0 atom stereocenters. The van der Waals surface area contributed by atoms with E-state index in [1.807, 2.05) is 60.7 Å². The van der Waals surface area contributed by atoms with Crippen LogP contribution in [0.4, 0.5) is 0 Å². The third-order valence-electron chi connectivity index (χ3n) is 1.11. The first kappa shape index (κ1) is 73.7. The molecule has 2 aromatic carbocycles. The third kappa shape index (κ3) is 140. The van der Waals surface area contributed by atoms with Crippen LogP contribution in [0.1, 0.15) is 0 Å². The summed E-state index contributed by atoms with van der Waals surface area (Å²) in [5.41, 5.74) is 0. The summed E-state index contributed by atoms with van der Waals surface area (Å²) in [7, 11) is 48.3. The second-order valence-corrected chi connectivity index (χ2v) is 1.92. The molecule has 0 nitrogen and oxygen atoms in total. The Morgan fingerprint density at radius 3 is 0.419 bits per heavy atom. The zero-order chi connectivity index (χ0) is 27.1. The second-order valence-electron chi connectivity index (χ2n) is 1.92. The molecule has 0 saturated carbocycles. The SMILES string of the molecule is [Cl][Hg+].[Cl][Hg+].[Cl][Hg+].[Cl][Hg+].[Cl][Hg+].[Cl][Hg+].[Cl][Hg+].[Cl][Hg+].[Cl][Hg+].[Cl][Hg+].[Fe+2].c1cc[cH-]c1.c1cc[cH-]c1. The van der Waals surface area contributed by atoms with Gasteiger partial charge in [-0.15, -0.1) is 0 Å². The second kappa shape index (κ2) is 147. The van der Waals surface area contributed by atoms with Crippen LogP contribution in [-0.2, 0) is 266 Å². The average Bonchev–Trinajstić information content (AvgIpc) is 3.71. The van der Waals surface area contributed by atoms with Crippen molar-refractivity contribution < 1.29 is 266 Å². The molecular formula is C10H10Cl10FeHg10+10. The van der Waals surface area contributed by atoms with Gasteiger partial charge in [0.15, 0.2) is 0 Å². The third-order valence-corrected chi connectivity index (χ3v) is 1.11. The maximum atomic E-state index is 4.83. The van der Waals surface area contributed by atoms with Crippen LogP contribution >= 0.6 is 82.5 Å². The molecule has 0 saturated heterocycles. The first-order valence-electron chi connectivity index (χ1n) is 6.01. The van der Waals surface area contributed by atoms with Gasteiger partial charge in [-0.2, -0.15) is 36.4 Å². The van der Waals surface area contributed by atoms with Gasteiger partial charge >= 0.3 is 348 Å². The largest absolute Gasteiger partial charge is 2.00 e. The summed E-state index contributed by atoms with van der Waals surface area (Å²) < 4.78 is 0. The van der Waals surface area contributed by atoms with E-state index in [0.29, 0.717) is 249 Å². The van der Waals surface area contributed by atoms with Crippen LogP contribution in [0.5, 0.6) is 0 Å². The molecule has 31 heavy (non-hydrogen) atoms. The molecule has 0 bridgehead atoms. The molecule has 0 amide bonds. The van der Waals surface area contributed by atoms with Crippen molar-refractivity contribution in [2.24, 2.45) is 0 Å². The topological polar surface area (TPSA) is 0 Å². The van der Waals surface area contributed by atoms with Crippen molar-refractivity contribution in [2.75, 3.05) is 0 Å². The van der Waals surface area contributed by atoms with E-state index in [9.17, 15) is 0 Å². The predicted octanol–water partition coefficient (Wildman–Crippen LogP) is 9.68. The van der Waals surface area contributed by atoms with Crippen molar-refractivity contribution in [1.82, 2.24) is 0 Å². The molecule has 2 aromatic rings. The predicted molar refractivity (Wildman–Crippen MR) is 103 cm³/mol. The van der Waals surface area contributed by atoms with E-state index >= 15 is 0 Å². The van der Waals surface area contributed by atoms with Crippen molar-refractivity contribution in [2.45, 2.75) is 0 Å². The van der Waals surface area contributed by atoms with Gasteiger partial charge in [-0.3, -0.25) is 0 Å². The van der Waals surface area contributed by atoms with Crippen molar-refractivity contribution in [3.05, 3.63) is 60.7 Å². The fraction of sp³-hybridized carbons (Fsp3) is 0. The number of hydrogen-bond acceptors (Lipinski definition) is 0. The Balaban J connectivity index is -0.0000000162. The van der Waals surface area contributed by atoms with E-state index in [-0.39, 0.29) is 17.1 Å². The molecule has 0 N–H and O–H groups in total. The van der Waals surface area contributed by atoms with Gasteiger partial charge in [-0.25, -0.2) is 24.3 Å². The first-order valence-corrected chi connectivity index (χ1v) is 73.7. The number of halogens is 10. The molecular weight excluding hydrogens is 2540 g/mol. The Morgan fingerprint density at radius 2 is 0.387 bits per heavy atom. The Hall–Kier alpha value is 11.5. The van der Waals surface area contributed by atoms with Crippen LogP contribution in [-0.4, -0.2) is 0 Å². The smallest absolute Gasteiger partial charge is 0.214 e. The molecule has 0 aliphatic heterocycles. The summed E-state index contributed by atoms with van der Waals surface area (Å²) in [4.78, 5) is 0. The van der Waals surface area contributed by atoms with Crippen LogP contribution in [0.3, 0.4) is 0 Å². The molecule has 0 fully saturated rings. The normalized spacial score (nSPS) is 4.84. The van der Waals surface area contributed by atoms with E-state index in [1.165, 1.54) is 0 Å². The van der Waals surface area contributed by atoms with E-state index in [2.05, 4.69) is 0 Å². The molecule has 0 heterocycles. The minimum absolute atomic E-state index is 0. The van der Waals surface area contributed by atoms with Crippen LogP contribution in [0.25, 0.3) is 0 Å². The summed E-state index contributed by atoms with van der Waals surface area (Å²) in [5.74, 6) is 0. The Kier molecular flexibility index (Phi) is 351. The maximum absolute atomic E-state index is 4.83. The molecule has 0 radical (unpaired) electrons. The van der Waals surface area contributed by atoms with E-state index in [4.69, 9.17) is 82.5 Å².